The van der Waals surface area contributed by atoms with Crippen LogP contribution in [-0.4, -0.2) is 32.2 Å². The molecule has 4 heteroatoms. The summed E-state index contributed by atoms with van der Waals surface area (Å²) in [5.74, 6) is 0.00467. The molecule has 0 saturated heterocycles. The lowest BCUT2D eigenvalue weighted by atomic mass is 9.84. The molecular weight excluding hydrogens is 228 g/mol. The fraction of sp³-hybridized carbons (Fsp3) is 0.500. The van der Waals surface area contributed by atoms with Gasteiger partial charge in [0.25, 0.3) is 0 Å². The van der Waals surface area contributed by atoms with E-state index in [0.29, 0.717) is 26.3 Å². The second-order valence-electron chi connectivity index (χ2n) is 4.65. The Morgan fingerprint density at radius 2 is 1.94 bits per heavy atom. The van der Waals surface area contributed by atoms with E-state index in [1.165, 1.54) is 0 Å². The fourth-order valence-electron chi connectivity index (χ4n) is 1.63. The molecule has 0 spiro atoms. The first-order valence-corrected chi connectivity index (χ1v) is 6.20. The van der Waals surface area contributed by atoms with Crippen molar-refractivity contribution in [3.8, 4) is 0 Å². The summed E-state index contributed by atoms with van der Waals surface area (Å²) in [6, 6.07) is 9.75. The van der Waals surface area contributed by atoms with Gasteiger partial charge in [0.15, 0.2) is 0 Å². The highest BCUT2D eigenvalue weighted by molar-refractivity contribution is 5.87. The van der Waals surface area contributed by atoms with Gasteiger partial charge in [0.2, 0.25) is 5.91 Å². The van der Waals surface area contributed by atoms with E-state index in [1.807, 2.05) is 44.2 Å². The van der Waals surface area contributed by atoms with Gasteiger partial charge in [-0.25, -0.2) is 0 Å². The van der Waals surface area contributed by atoms with Crippen LogP contribution >= 0.6 is 0 Å². The minimum Gasteiger partial charge on any atom is -0.378 e. The van der Waals surface area contributed by atoms with Crippen molar-refractivity contribution in [3.63, 3.8) is 0 Å². The minimum absolute atomic E-state index is 0.00467. The number of benzene rings is 1. The number of hydrogen-bond acceptors (Lipinski definition) is 3. The molecule has 1 aromatic carbocycles. The van der Waals surface area contributed by atoms with Crippen LogP contribution in [0.2, 0.25) is 0 Å². The third-order valence-electron chi connectivity index (χ3n) is 2.86. The Morgan fingerprint density at radius 1 is 1.28 bits per heavy atom. The van der Waals surface area contributed by atoms with Gasteiger partial charge in [-0.15, -0.1) is 0 Å². The van der Waals surface area contributed by atoms with Crippen molar-refractivity contribution in [2.75, 3.05) is 26.3 Å². The fourth-order valence-corrected chi connectivity index (χ4v) is 1.63. The molecule has 0 heterocycles. The van der Waals surface area contributed by atoms with Crippen LogP contribution in [0.5, 0.6) is 0 Å². The summed E-state index contributed by atoms with van der Waals surface area (Å²) >= 11 is 0. The Balaban J connectivity index is 2.45. The number of hydrogen-bond donors (Lipinski definition) is 2. The molecule has 0 fully saturated rings. The molecule has 3 N–H and O–H groups in total. The molecule has 100 valence electrons. The van der Waals surface area contributed by atoms with Gasteiger partial charge in [0.05, 0.1) is 18.6 Å². The Kier molecular flexibility index (Phi) is 5.82. The molecule has 1 aromatic rings. The predicted octanol–water partition coefficient (Wildman–Crippen LogP) is 1.06. The van der Waals surface area contributed by atoms with Crippen molar-refractivity contribution in [3.05, 3.63) is 35.9 Å². The topological polar surface area (TPSA) is 64.3 Å². The van der Waals surface area contributed by atoms with Crippen LogP contribution in [-0.2, 0) is 14.9 Å². The molecule has 4 nitrogen and oxygen atoms in total. The molecular formula is C14H22N2O2. The highest BCUT2D eigenvalue weighted by atomic mass is 16.5. The van der Waals surface area contributed by atoms with Crippen LogP contribution in [0.25, 0.3) is 0 Å². The summed E-state index contributed by atoms with van der Waals surface area (Å²) in [5, 5.41) is 2.88. The molecule has 0 atom stereocenters. The normalized spacial score (nSPS) is 11.3. The maximum Gasteiger partial charge on any atom is 0.230 e. The highest BCUT2D eigenvalue weighted by Crippen LogP contribution is 2.22. The minimum atomic E-state index is -0.533. The van der Waals surface area contributed by atoms with E-state index in [4.69, 9.17) is 10.5 Å². The summed E-state index contributed by atoms with van der Waals surface area (Å²) < 4.78 is 5.21. The van der Waals surface area contributed by atoms with Crippen molar-refractivity contribution in [1.29, 1.82) is 0 Å². The van der Waals surface area contributed by atoms with Crippen LogP contribution in [0, 0.1) is 0 Å². The monoisotopic (exact) mass is 250 g/mol. The summed E-state index contributed by atoms with van der Waals surface area (Å²) in [6.45, 7) is 5.86. The third kappa shape index (κ3) is 4.13. The SMILES string of the molecule is CC(C)(C(=O)NCCOCCN)c1ccccc1. The maximum absolute atomic E-state index is 12.1. The van der Waals surface area contributed by atoms with Crippen molar-refractivity contribution in [2.24, 2.45) is 5.73 Å². The molecule has 0 aliphatic rings. The number of ether oxygens (including phenoxy) is 1. The number of rotatable bonds is 7. The quantitative estimate of drug-likeness (QED) is 0.711. The Bertz CT molecular complexity index is 363. The van der Waals surface area contributed by atoms with Crippen molar-refractivity contribution in [2.45, 2.75) is 19.3 Å². The molecule has 0 unspecified atom stereocenters. The first kappa shape index (κ1) is 14.7. The zero-order chi connectivity index (χ0) is 13.4. The van der Waals surface area contributed by atoms with Gasteiger partial charge in [0.1, 0.15) is 0 Å². The lowest BCUT2D eigenvalue weighted by molar-refractivity contribution is -0.125. The molecule has 0 radical (unpaired) electrons. The largest absolute Gasteiger partial charge is 0.378 e. The van der Waals surface area contributed by atoms with E-state index >= 15 is 0 Å². The third-order valence-corrected chi connectivity index (χ3v) is 2.86. The molecule has 0 bridgehead atoms. The standard InChI is InChI=1S/C14H22N2O2/c1-14(2,12-6-4-3-5-7-12)13(17)16-9-11-18-10-8-15/h3-7H,8-11,15H2,1-2H3,(H,16,17). The van der Waals surface area contributed by atoms with E-state index < -0.39 is 5.41 Å². The van der Waals surface area contributed by atoms with Crippen molar-refractivity contribution in [1.82, 2.24) is 5.32 Å². The molecule has 0 aliphatic heterocycles. The zero-order valence-corrected chi connectivity index (χ0v) is 11.1. The Morgan fingerprint density at radius 3 is 2.56 bits per heavy atom. The first-order valence-electron chi connectivity index (χ1n) is 6.20. The van der Waals surface area contributed by atoms with Crippen LogP contribution in [0.4, 0.5) is 0 Å². The molecule has 0 aromatic heterocycles. The number of carbonyl (C=O) groups is 1. The van der Waals surface area contributed by atoms with E-state index in [9.17, 15) is 4.79 Å². The van der Waals surface area contributed by atoms with Crippen LogP contribution in [0.3, 0.4) is 0 Å². The van der Waals surface area contributed by atoms with Crippen LogP contribution in [0.1, 0.15) is 19.4 Å². The molecule has 1 amide bonds. The lowest BCUT2D eigenvalue weighted by Gasteiger charge is -2.24. The molecule has 18 heavy (non-hydrogen) atoms. The van der Waals surface area contributed by atoms with Gasteiger partial charge < -0.3 is 15.8 Å². The van der Waals surface area contributed by atoms with Gasteiger partial charge in [-0.3, -0.25) is 4.79 Å². The predicted molar refractivity (Wildman–Crippen MR) is 72.4 cm³/mol. The van der Waals surface area contributed by atoms with E-state index in [2.05, 4.69) is 5.32 Å². The average Bonchev–Trinajstić information content (AvgIpc) is 2.39. The number of nitrogens with one attached hydrogen (secondary N) is 1. The highest BCUT2D eigenvalue weighted by Gasteiger charge is 2.28. The summed E-state index contributed by atoms with van der Waals surface area (Å²) in [5.41, 5.74) is 5.78. The van der Waals surface area contributed by atoms with Gasteiger partial charge in [-0.2, -0.15) is 0 Å². The number of amides is 1. The van der Waals surface area contributed by atoms with Crippen LogP contribution in [0.15, 0.2) is 30.3 Å². The smallest absolute Gasteiger partial charge is 0.230 e. The number of nitrogens with two attached hydrogens (primary N) is 1. The second kappa shape index (κ2) is 7.13. The summed E-state index contributed by atoms with van der Waals surface area (Å²) in [4.78, 5) is 12.1. The molecule has 1 rings (SSSR count). The second-order valence-corrected chi connectivity index (χ2v) is 4.65. The Hall–Kier alpha value is -1.39. The van der Waals surface area contributed by atoms with Gasteiger partial charge >= 0.3 is 0 Å². The zero-order valence-electron chi connectivity index (χ0n) is 11.1. The summed E-state index contributed by atoms with van der Waals surface area (Å²) in [7, 11) is 0. The van der Waals surface area contributed by atoms with E-state index in [-0.39, 0.29) is 5.91 Å². The molecule has 0 saturated carbocycles. The van der Waals surface area contributed by atoms with Crippen molar-refractivity contribution < 1.29 is 9.53 Å². The van der Waals surface area contributed by atoms with Crippen LogP contribution < -0.4 is 11.1 Å². The van der Waals surface area contributed by atoms with Crippen molar-refractivity contribution >= 4 is 5.91 Å². The number of carbonyl (C=O) groups excluding carboxylic acids is 1. The molecule has 0 aliphatic carbocycles. The van der Waals surface area contributed by atoms with Gasteiger partial charge in [-0.05, 0) is 19.4 Å². The Labute approximate surface area is 109 Å². The summed E-state index contributed by atoms with van der Waals surface area (Å²) in [6.07, 6.45) is 0. The van der Waals surface area contributed by atoms with Gasteiger partial charge in [-0.1, -0.05) is 30.3 Å². The van der Waals surface area contributed by atoms with E-state index in [0.717, 1.165) is 5.56 Å². The van der Waals surface area contributed by atoms with E-state index in [1.54, 1.807) is 0 Å². The first-order chi connectivity index (χ1) is 8.59. The maximum atomic E-state index is 12.1. The average molecular weight is 250 g/mol. The lowest BCUT2D eigenvalue weighted by Crippen LogP contribution is -2.41. The van der Waals surface area contributed by atoms with Gasteiger partial charge in [0, 0.05) is 13.1 Å².